The number of carbonyl (C=O) groups is 4. The Balaban J connectivity index is 5.26. The minimum Gasteiger partial charge on any atom is -0.462 e. The minimum absolute atomic E-state index is 0.105. The van der Waals surface area contributed by atoms with E-state index in [-0.39, 0.29) is 25.7 Å². The Bertz CT molecular complexity index is 1950. The summed E-state index contributed by atoms with van der Waals surface area (Å²) < 4.78 is 68.7. The van der Waals surface area contributed by atoms with Crippen molar-refractivity contribution >= 4 is 39.5 Å². The van der Waals surface area contributed by atoms with Crippen molar-refractivity contribution < 1.29 is 80.2 Å². The number of carbonyl (C=O) groups excluding carboxylic acids is 4. The third-order valence-electron chi connectivity index (χ3n) is 20.0. The van der Waals surface area contributed by atoms with E-state index in [1.54, 1.807) is 0 Å². The van der Waals surface area contributed by atoms with Gasteiger partial charge in [-0.05, 0) is 43.4 Å². The van der Waals surface area contributed by atoms with Gasteiger partial charge in [0.05, 0.1) is 26.4 Å². The lowest BCUT2D eigenvalue weighted by atomic mass is 9.99. The monoisotopic (exact) mass is 1470 g/mol. The summed E-state index contributed by atoms with van der Waals surface area (Å²) >= 11 is 0. The molecule has 0 bridgehead atoms. The first kappa shape index (κ1) is 98.1. The molecule has 17 nitrogen and oxygen atoms in total. The number of aliphatic hydroxyl groups excluding tert-OH is 1. The third-order valence-corrected chi connectivity index (χ3v) is 21.9. The van der Waals surface area contributed by atoms with Crippen LogP contribution < -0.4 is 0 Å². The summed E-state index contributed by atoms with van der Waals surface area (Å²) in [5.41, 5.74) is 0. The van der Waals surface area contributed by atoms with Crippen LogP contribution in [-0.4, -0.2) is 96.7 Å². The Labute approximate surface area is 613 Å². The van der Waals surface area contributed by atoms with E-state index >= 15 is 0 Å². The van der Waals surface area contributed by atoms with Crippen molar-refractivity contribution in [3.05, 3.63) is 0 Å². The molecule has 0 radical (unpaired) electrons. The van der Waals surface area contributed by atoms with Crippen LogP contribution in [0.5, 0.6) is 0 Å². The molecule has 0 saturated heterocycles. The van der Waals surface area contributed by atoms with Crippen molar-refractivity contribution in [3.8, 4) is 0 Å². The van der Waals surface area contributed by atoms with E-state index in [0.29, 0.717) is 25.7 Å². The molecule has 0 aliphatic carbocycles. The molecule has 594 valence electrons. The second-order valence-electron chi connectivity index (χ2n) is 29.9. The van der Waals surface area contributed by atoms with Gasteiger partial charge in [-0.15, -0.1) is 0 Å². The summed E-state index contributed by atoms with van der Waals surface area (Å²) in [5, 5.41) is 10.6. The standard InChI is InChI=1S/C81H158O17P2/c1-8-12-13-14-15-16-17-18-19-20-21-22-26-29-32-41-48-55-62-78(83)91-68-76(97-80(85)64-57-50-43-33-30-27-24-23-25-28-31-38-45-52-59-72(5)9-2)70-95-99(87,88)93-66-75(82)67-94-100(89,90)96-71-77(98-81(86)65-58-51-44-37-35-40-47-54-61-74(7)11-4)69-92-79(84)63-56-49-42-36-34-39-46-53-60-73(6)10-3/h72-77,82H,8-71H2,1-7H3,(H,87,88)(H,89,90)/t72?,73?,74?,75-,76-,77-/m1/s1. The number of phosphoric acid groups is 2. The van der Waals surface area contributed by atoms with Crippen molar-refractivity contribution in [1.29, 1.82) is 0 Å². The Morgan fingerprint density at radius 1 is 0.280 bits per heavy atom. The maximum absolute atomic E-state index is 13.1. The first-order chi connectivity index (χ1) is 48.3. The fraction of sp³-hybridized carbons (Fsp3) is 0.951. The Morgan fingerprint density at radius 2 is 0.480 bits per heavy atom. The van der Waals surface area contributed by atoms with Gasteiger partial charge in [0.2, 0.25) is 0 Å². The van der Waals surface area contributed by atoms with E-state index in [2.05, 4.69) is 48.5 Å². The van der Waals surface area contributed by atoms with Crippen molar-refractivity contribution in [3.63, 3.8) is 0 Å². The zero-order chi connectivity index (χ0) is 73.7. The van der Waals surface area contributed by atoms with Gasteiger partial charge in [-0.2, -0.15) is 0 Å². The van der Waals surface area contributed by atoms with Crippen molar-refractivity contribution in [2.45, 2.75) is 439 Å². The van der Waals surface area contributed by atoms with Crippen LogP contribution in [0.1, 0.15) is 421 Å². The second-order valence-corrected chi connectivity index (χ2v) is 32.8. The van der Waals surface area contributed by atoms with E-state index < -0.39 is 97.5 Å². The molecular formula is C81H158O17P2. The van der Waals surface area contributed by atoms with Gasteiger partial charge in [0.1, 0.15) is 19.3 Å². The average molecular weight is 1470 g/mol. The average Bonchev–Trinajstić information content (AvgIpc) is 0.964. The molecule has 3 N–H and O–H groups in total. The van der Waals surface area contributed by atoms with Crippen molar-refractivity contribution in [2.75, 3.05) is 39.6 Å². The van der Waals surface area contributed by atoms with Gasteiger partial charge in [0.15, 0.2) is 12.2 Å². The number of phosphoric ester groups is 2. The molecule has 5 unspecified atom stereocenters. The highest BCUT2D eigenvalue weighted by Gasteiger charge is 2.30. The van der Waals surface area contributed by atoms with E-state index in [1.165, 1.54) is 231 Å². The number of rotatable bonds is 79. The smallest absolute Gasteiger partial charge is 0.462 e. The molecule has 100 heavy (non-hydrogen) atoms. The third kappa shape index (κ3) is 70.4. The predicted octanol–water partition coefficient (Wildman–Crippen LogP) is 24.1. The van der Waals surface area contributed by atoms with E-state index in [9.17, 15) is 43.2 Å². The molecule has 0 spiro atoms. The lowest BCUT2D eigenvalue weighted by Crippen LogP contribution is -2.30. The van der Waals surface area contributed by atoms with Gasteiger partial charge in [-0.25, -0.2) is 9.13 Å². The summed E-state index contributed by atoms with van der Waals surface area (Å²) in [6.07, 6.45) is 59.5. The highest BCUT2D eigenvalue weighted by molar-refractivity contribution is 7.47. The Kier molecular flexibility index (Phi) is 69.9. The molecule has 0 heterocycles. The maximum atomic E-state index is 13.1. The van der Waals surface area contributed by atoms with Crippen LogP contribution in [0, 0.1) is 17.8 Å². The molecule has 0 aromatic rings. The number of esters is 4. The number of unbranched alkanes of at least 4 members (excludes halogenated alkanes) is 44. The summed E-state index contributed by atoms with van der Waals surface area (Å²) in [6, 6.07) is 0. The lowest BCUT2D eigenvalue weighted by molar-refractivity contribution is -0.161. The summed E-state index contributed by atoms with van der Waals surface area (Å²) in [5.74, 6) is 0.280. The molecule has 8 atom stereocenters. The summed E-state index contributed by atoms with van der Waals surface area (Å²) in [7, 11) is -9.92. The van der Waals surface area contributed by atoms with Crippen LogP contribution in [0.3, 0.4) is 0 Å². The molecule has 0 aromatic carbocycles. The van der Waals surface area contributed by atoms with Crippen molar-refractivity contribution in [2.24, 2.45) is 17.8 Å². The van der Waals surface area contributed by atoms with Crippen LogP contribution in [0.15, 0.2) is 0 Å². The molecule has 0 aliphatic rings. The van der Waals surface area contributed by atoms with Crippen molar-refractivity contribution in [1.82, 2.24) is 0 Å². The van der Waals surface area contributed by atoms with Gasteiger partial charge in [-0.3, -0.25) is 37.3 Å². The Hall–Kier alpha value is -1.94. The number of hydrogen-bond donors (Lipinski definition) is 3. The van der Waals surface area contributed by atoms with Gasteiger partial charge < -0.3 is 33.8 Å². The van der Waals surface area contributed by atoms with Crippen LogP contribution in [0.25, 0.3) is 0 Å². The first-order valence-corrected chi connectivity index (χ1v) is 45.0. The van der Waals surface area contributed by atoms with Gasteiger partial charge in [-0.1, -0.05) is 370 Å². The molecule has 0 rings (SSSR count). The molecule has 19 heteroatoms. The zero-order valence-corrected chi connectivity index (χ0v) is 67.5. The fourth-order valence-corrected chi connectivity index (χ4v) is 14.0. The largest absolute Gasteiger partial charge is 0.472 e. The molecule has 0 saturated carbocycles. The SMILES string of the molecule is CCCCCCCCCCCCCCCCCCCCC(=O)OC[C@H](COP(=O)(O)OC[C@@H](O)COP(=O)(O)OC[C@@H](COC(=O)CCCCCCCCCCC(C)CC)OC(=O)CCCCCCCCCCC(C)CC)OC(=O)CCCCCCCCCCCCCCCCC(C)CC. The van der Waals surface area contributed by atoms with E-state index in [4.69, 9.17) is 37.0 Å². The van der Waals surface area contributed by atoms with Crippen LogP contribution in [0.2, 0.25) is 0 Å². The lowest BCUT2D eigenvalue weighted by Gasteiger charge is -2.21. The van der Waals surface area contributed by atoms with E-state index in [0.717, 1.165) is 108 Å². The fourth-order valence-electron chi connectivity index (χ4n) is 12.4. The minimum atomic E-state index is -4.96. The van der Waals surface area contributed by atoms with Crippen LogP contribution >= 0.6 is 15.6 Å². The normalized spacial score (nSPS) is 14.8. The molecular weight excluding hydrogens is 1310 g/mol. The number of aliphatic hydroxyl groups is 1. The molecule has 0 amide bonds. The predicted molar refractivity (Wildman–Crippen MR) is 409 cm³/mol. The Morgan fingerprint density at radius 3 is 0.710 bits per heavy atom. The zero-order valence-electron chi connectivity index (χ0n) is 65.7. The van der Waals surface area contributed by atoms with Crippen LogP contribution in [-0.2, 0) is 65.4 Å². The first-order valence-electron chi connectivity index (χ1n) is 42.0. The van der Waals surface area contributed by atoms with Gasteiger partial charge >= 0.3 is 39.5 Å². The molecule has 0 fully saturated rings. The van der Waals surface area contributed by atoms with E-state index in [1.807, 2.05) is 0 Å². The summed E-state index contributed by atoms with van der Waals surface area (Å²) in [6.45, 7) is 12.0. The van der Waals surface area contributed by atoms with Crippen LogP contribution in [0.4, 0.5) is 0 Å². The summed E-state index contributed by atoms with van der Waals surface area (Å²) in [4.78, 5) is 73.0. The van der Waals surface area contributed by atoms with Gasteiger partial charge in [0, 0.05) is 25.7 Å². The second kappa shape index (κ2) is 71.3. The maximum Gasteiger partial charge on any atom is 0.472 e. The topological polar surface area (TPSA) is 237 Å². The van der Waals surface area contributed by atoms with Gasteiger partial charge in [0.25, 0.3) is 0 Å². The highest BCUT2D eigenvalue weighted by atomic mass is 31.2. The highest BCUT2D eigenvalue weighted by Crippen LogP contribution is 2.45. The quantitative estimate of drug-likeness (QED) is 0.0222. The molecule has 0 aromatic heterocycles. The molecule has 0 aliphatic heterocycles. The number of ether oxygens (including phenoxy) is 4. The number of hydrogen-bond acceptors (Lipinski definition) is 15.